The lowest BCUT2D eigenvalue weighted by atomic mass is 10.3. The fourth-order valence-electron chi connectivity index (χ4n) is 1.88. The van der Waals surface area contributed by atoms with Gasteiger partial charge in [0.2, 0.25) is 0 Å². The van der Waals surface area contributed by atoms with Gasteiger partial charge in [0.1, 0.15) is 5.82 Å². The first kappa shape index (κ1) is 9.14. The second kappa shape index (κ2) is 3.48. The molecule has 6 nitrogen and oxygen atoms in total. The number of fused-ring (bicyclic) bond motifs is 1. The van der Waals surface area contributed by atoms with Crippen molar-refractivity contribution in [2.24, 2.45) is 0 Å². The van der Waals surface area contributed by atoms with Gasteiger partial charge in [-0.1, -0.05) is 0 Å². The first-order valence-electron chi connectivity index (χ1n) is 5.16. The lowest BCUT2D eigenvalue weighted by molar-refractivity contribution is 0.565. The summed E-state index contributed by atoms with van der Waals surface area (Å²) in [4.78, 5) is 6.30. The first-order valence-corrected chi connectivity index (χ1v) is 5.16. The van der Waals surface area contributed by atoms with Crippen LogP contribution in [-0.2, 0) is 13.1 Å². The largest absolute Gasteiger partial charge is 0.382 e. The molecule has 0 atom stereocenters. The van der Waals surface area contributed by atoms with E-state index < -0.39 is 0 Å². The summed E-state index contributed by atoms with van der Waals surface area (Å²) in [5, 5.41) is 7.94. The minimum atomic E-state index is 0.450. The van der Waals surface area contributed by atoms with Gasteiger partial charge in [0.15, 0.2) is 5.82 Å². The third-order valence-electron chi connectivity index (χ3n) is 2.76. The minimum absolute atomic E-state index is 0.450. The van der Waals surface area contributed by atoms with E-state index in [0.29, 0.717) is 5.82 Å². The molecule has 3 rings (SSSR count). The molecule has 1 aliphatic rings. The lowest BCUT2D eigenvalue weighted by Crippen LogP contribution is -2.33. The van der Waals surface area contributed by atoms with Crippen LogP contribution >= 0.6 is 0 Å². The molecule has 0 aromatic carbocycles. The molecule has 0 bridgehead atoms. The Labute approximate surface area is 92.7 Å². The number of nitrogens with two attached hydrogens (primary N) is 1. The summed E-state index contributed by atoms with van der Waals surface area (Å²) in [6.07, 6.45) is 3.75. The number of rotatable bonds is 1. The van der Waals surface area contributed by atoms with Crippen molar-refractivity contribution < 1.29 is 0 Å². The summed E-state index contributed by atoms with van der Waals surface area (Å²) < 4.78 is 2.15. The van der Waals surface area contributed by atoms with Gasteiger partial charge in [-0.15, -0.1) is 10.2 Å². The topological polar surface area (TPSA) is 72.9 Å². The van der Waals surface area contributed by atoms with Crippen LogP contribution in [0.1, 0.15) is 5.69 Å². The molecule has 3 heterocycles. The van der Waals surface area contributed by atoms with E-state index in [0.717, 1.165) is 25.5 Å². The second-order valence-electron chi connectivity index (χ2n) is 3.82. The maximum absolute atomic E-state index is 5.51. The van der Waals surface area contributed by atoms with E-state index in [-0.39, 0.29) is 0 Å². The van der Waals surface area contributed by atoms with Crippen molar-refractivity contribution in [1.82, 2.24) is 19.7 Å². The monoisotopic (exact) mass is 216 g/mol. The molecule has 1 aliphatic heterocycles. The number of anilines is 2. The standard InChI is InChI=1S/C10H12N6/c11-9-1-2-10(14-13-9)15-3-4-16-7-12-5-8(16)6-15/h1-2,5,7H,3-4,6H2,(H2,11,13). The fraction of sp³-hybridized carbons (Fsp3) is 0.300. The van der Waals surface area contributed by atoms with E-state index in [1.165, 1.54) is 5.69 Å². The summed E-state index contributed by atoms with van der Waals surface area (Å²) in [7, 11) is 0. The number of aromatic nitrogens is 4. The molecule has 0 spiro atoms. The van der Waals surface area contributed by atoms with Gasteiger partial charge in [-0.25, -0.2) is 4.98 Å². The highest BCUT2D eigenvalue weighted by Crippen LogP contribution is 2.17. The molecule has 82 valence electrons. The molecule has 0 unspecified atom stereocenters. The van der Waals surface area contributed by atoms with E-state index >= 15 is 0 Å². The highest BCUT2D eigenvalue weighted by Gasteiger charge is 2.17. The molecule has 0 saturated carbocycles. The Morgan fingerprint density at radius 1 is 1.19 bits per heavy atom. The van der Waals surface area contributed by atoms with Crippen molar-refractivity contribution in [3.05, 3.63) is 30.4 Å². The summed E-state index contributed by atoms with van der Waals surface area (Å²) in [6.45, 7) is 2.67. The normalized spacial score (nSPS) is 14.9. The van der Waals surface area contributed by atoms with Gasteiger partial charge in [-0.05, 0) is 12.1 Å². The molecule has 0 fully saturated rings. The molecule has 16 heavy (non-hydrogen) atoms. The number of imidazole rings is 1. The van der Waals surface area contributed by atoms with Crippen LogP contribution in [-0.4, -0.2) is 26.3 Å². The van der Waals surface area contributed by atoms with E-state index in [9.17, 15) is 0 Å². The molecule has 0 saturated heterocycles. The Hall–Kier alpha value is -2.11. The van der Waals surface area contributed by atoms with Gasteiger partial charge in [0.25, 0.3) is 0 Å². The van der Waals surface area contributed by atoms with Gasteiger partial charge in [-0.2, -0.15) is 0 Å². The number of hydrogen-bond donors (Lipinski definition) is 1. The highest BCUT2D eigenvalue weighted by molar-refractivity contribution is 5.42. The predicted octanol–water partition coefficient (Wildman–Crippen LogP) is 0.276. The number of nitrogen functional groups attached to an aromatic ring is 1. The van der Waals surface area contributed by atoms with Gasteiger partial charge in [0.05, 0.1) is 18.6 Å². The molecular formula is C10H12N6. The van der Waals surface area contributed by atoms with Gasteiger partial charge in [0, 0.05) is 19.3 Å². The van der Waals surface area contributed by atoms with Crippen LogP contribution in [0.4, 0.5) is 11.6 Å². The van der Waals surface area contributed by atoms with Crippen molar-refractivity contribution in [3.63, 3.8) is 0 Å². The highest BCUT2D eigenvalue weighted by atomic mass is 15.3. The first-order chi connectivity index (χ1) is 7.83. The van der Waals surface area contributed by atoms with Crippen LogP contribution in [0, 0.1) is 0 Å². The van der Waals surface area contributed by atoms with Crippen molar-refractivity contribution in [3.8, 4) is 0 Å². The number of nitrogens with zero attached hydrogens (tertiary/aromatic N) is 5. The SMILES string of the molecule is Nc1ccc(N2CCn3cncc3C2)nn1. The van der Waals surface area contributed by atoms with Crippen LogP contribution in [0.3, 0.4) is 0 Å². The Balaban J connectivity index is 1.86. The maximum Gasteiger partial charge on any atom is 0.151 e. The van der Waals surface area contributed by atoms with Crippen LogP contribution in [0.15, 0.2) is 24.7 Å². The second-order valence-corrected chi connectivity index (χ2v) is 3.82. The van der Waals surface area contributed by atoms with Crippen LogP contribution in [0.25, 0.3) is 0 Å². The average molecular weight is 216 g/mol. The molecule has 0 amide bonds. The average Bonchev–Trinajstić information content (AvgIpc) is 2.77. The van der Waals surface area contributed by atoms with E-state index in [1.807, 2.05) is 18.6 Å². The summed E-state index contributed by atoms with van der Waals surface area (Å²) in [6, 6.07) is 3.67. The Morgan fingerprint density at radius 3 is 2.94 bits per heavy atom. The number of hydrogen-bond acceptors (Lipinski definition) is 5. The van der Waals surface area contributed by atoms with Gasteiger partial charge < -0.3 is 15.2 Å². The van der Waals surface area contributed by atoms with Crippen molar-refractivity contribution in [1.29, 1.82) is 0 Å². The van der Waals surface area contributed by atoms with E-state index in [2.05, 4.69) is 24.6 Å². The summed E-state index contributed by atoms with van der Waals surface area (Å²) in [5.41, 5.74) is 6.71. The van der Waals surface area contributed by atoms with Crippen LogP contribution in [0.5, 0.6) is 0 Å². The Morgan fingerprint density at radius 2 is 2.12 bits per heavy atom. The van der Waals surface area contributed by atoms with Crippen molar-refractivity contribution in [2.45, 2.75) is 13.1 Å². The summed E-state index contributed by atoms with van der Waals surface area (Å²) >= 11 is 0. The van der Waals surface area contributed by atoms with E-state index in [4.69, 9.17) is 5.73 Å². The fourth-order valence-corrected chi connectivity index (χ4v) is 1.88. The Kier molecular flexibility index (Phi) is 1.99. The van der Waals surface area contributed by atoms with Crippen molar-refractivity contribution >= 4 is 11.6 Å². The molecule has 2 aromatic rings. The van der Waals surface area contributed by atoms with E-state index in [1.54, 1.807) is 6.07 Å². The zero-order valence-corrected chi connectivity index (χ0v) is 8.74. The molecule has 0 radical (unpaired) electrons. The molecular weight excluding hydrogens is 204 g/mol. The quantitative estimate of drug-likeness (QED) is 0.741. The van der Waals surface area contributed by atoms with Gasteiger partial charge >= 0.3 is 0 Å². The summed E-state index contributed by atoms with van der Waals surface area (Å²) in [5.74, 6) is 1.31. The Bertz CT molecular complexity index is 488. The molecule has 2 aromatic heterocycles. The molecule has 0 aliphatic carbocycles. The minimum Gasteiger partial charge on any atom is -0.382 e. The maximum atomic E-state index is 5.51. The van der Waals surface area contributed by atoms with Gasteiger partial charge in [-0.3, -0.25) is 0 Å². The molecule has 2 N–H and O–H groups in total. The molecule has 6 heteroatoms. The lowest BCUT2D eigenvalue weighted by Gasteiger charge is -2.28. The van der Waals surface area contributed by atoms with Crippen LogP contribution < -0.4 is 10.6 Å². The van der Waals surface area contributed by atoms with Crippen molar-refractivity contribution in [2.75, 3.05) is 17.2 Å². The predicted molar refractivity (Wildman–Crippen MR) is 59.7 cm³/mol. The smallest absolute Gasteiger partial charge is 0.151 e. The zero-order chi connectivity index (χ0) is 11.0. The third kappa shape index (κ3) is 1.48. The van der Waals surface area contributed by atoms with Crippen LogP contribution in [0.2, 0.25) is 0 Å². The third-order valence-corrected chi connectivity index (χ3v) is 2.76. The zero-order valence-electron chi connectivity index (χ0n) is 8.74.